The molecule has 2 rings (SSSR count). The third-order valence-corrected chi connectivity index (χ3v) is 2.01. The maximum atomic E-state index is 4.13. The third-order valence-electron chi connectivity index (χ3n) is 2.01. The monoisotopic (exact) mass is 188 g/mol. The number of nitrogens with zero attached hydrogens (tertiary/aromatic N) is 2. The van der Waals surface area contributed by atoms with Crippen LogP contribution in [-0.4, -0.2) is 22.5 Å². The van der Waals surface area contributed by atoms with Crippen LogP contribution < -0.4 is 5.32 Å². The summed E-state index contributed by atoms with van der Waals surface area (Å²) in [6, 6.07) is 10.0. The van der Waals surface area contributed by atoms with Gasteiger partial charge >= 0.3 is 0 Å². The molecule has 0 aliphatic rings. The lowest BCUT2D eigenvalue weighted by atomic mass is 10.1. The molecule has 0 bridgehead atoms. The summed E-state index contributed by atoms with van der Waals surface area (Å²) in [5.74, 6) is 0. The quantitative estimate of drug-likeness (QED) is 0.760. The highest BCUT2D eigenvalue weighted by Gasteiger charge is 2.07. The van der Waals surface area contributed by atoms with Crippen LogP contribution in [0.2, 0.25) is 0 Å². The Morgan fingerprint density at radius 3 is 2.71 bits per heavy atom. The Hall–Kier alpha value is -1.68. The van der Waals surface area contributed by atoms with Crippen molar-refractivity contribution >= 4 is 0 Å². The second kappa shape index (κ2) is 4.02. The largest absolute Gasteiger partial charge is 0.314 e. The highest BCUT2D eigenvalue weighted by Crippen LogP contribution is 2.18. The van der Waals surface area contributed by atoms with Crippen LogP contribution in [0.1, 0.15) is 5.69 Å². The Bertz CT molecular complexity index is 394. The molecule has 2 N–H and O–H groups in total. The first-order valence-corrected chi connectivity index (χ1v) is 4.51. The van der Waals surface area contributed by atoms with E-state index in [-0.39, 0.29) is 0 Å². The molecule has 4 heteroatoms. The summed E-state index contributed by atoms with van der Waals surface area (Å²) in [5.41, 5.74) is 2.95. The minimum absolute atomic E-state index is 0.723. The van der Waals surface area contributed by atoms with E-state index in [9.17, 15) is 0 Å². The van der Waals surface area contributed by atoms with Crippen LogP contribution in [0.15, 0.2) is 30.3 Å². The van der Waals surface area contributed by atoms with Gasteiger partial charge in [0.2, 0.25) is 0 Å². The number of benzene rings is 1. The lowest BCUT2D eigenvalue weighted by Crippen LogP contribution is -2.06. The fourth-order valence-electron chi connectivity index (χ4n) is 1.37. The van der Waals surface area contributed by atoms with Crippen LogP contribution in [0.4, 0.5) is 0 Å². The number of aromatic nitrogens is 3. The van der Waals surface area contributed by atoms with E-state index < -0.39 is 0 Å². The lowest BCUT2D eigenvalue weighted by molar-refractivity contribution is 0.782. The Labute approximate surface area is 82.4 Å². The van der Waals surface area contributed by atoms with Crippen LogP contribution in [0, 0.1) is 0 Å². The zero-order valence-corrected chi connectivity index (χ0v) is 7.99. The van der Waals surface area contributed by atoms with Crippen LogP contribution in [0.25, 0.3) is 11.3 Å². The molecule has 0 amide bonds. The summed E-state index contributed by atoms with van der Waals surface area (Å²) in [5, 5.41) is 13.9. The van der Waals surface area contributed by atoms with Gasteiger partial charge in [0.1, 0.15) is 11.4 Å². The summed E-state index contributed by atoms with van der Waals surface area (Å²) >= 11 is 0. The van der Waals surface area contributed by atoms with E-state index in [0.29, 0.717) is 0 Å². The van der Waals surface area contributed by atoms with Gasteiger partial charge in [0.15, 0.2) is 0 Å². The van der Waals surface area contributed by atoms with E-state index in [1.807, 2.05) is 37.4 Å². The van der Waals surface area contributed by atoms with Crippen molar-refractivity contribution in [2.24, 2.45) is 0 Å². The maximum Gasteiger partial charge on any atom is 0.117 e. The molecular formula is C10H12N4. The zero-order chi connectivity index (χ0) is 9.80. The molecule has 0 fully saturated rings. The minimum atomic E-state index is 0.723. The van der Waals surface area contributed by atoms with Gasteiger partial charge in [-0.25, -0.2) is 0 Å². The van der Waals surface area contributed by atoms with E-state index in [4.69, 9.17) is 0 Å². The summed E-state index contributed by atoms with van der Waals surface area (Å²) in [4.78, 5) is 0. The smallest absolute Gasteiger partial charge is 0.117 e. The van der Waals surface area contributed by atoms with E-state index in [1.165, 1.54) is 0 Å². The molecule has 0 spiro atoms. The molecule has 1 heterocycles. The molecule has 0 aliphatic heterocycles. The molecule has 72 valence electrons. The van der Waals surface area contributed by atoms with Gasteiger partial charge in [-0.2, -0.15) is 15.4 Å². The molecule has 0 radical (unpaired) electrons. The Kier molecular flexibility index (Phi) is 2.55. The van der Waals surface area contributed by atoms with E-state index >= 15 is 0 Å². The standard InChI is InChI=1S/C10H12N4/c1-11-7-9-10(13-14-12-9)8-5-3-2-4-6-8/h2-6,11H,7H2,1H3,(H,12,13,14). The SMILES string of the molecule is CNCc1n[nH]nc1-c1ccccc1. The molecule has 2 aromatic rings. The molecule has 4 nitrogen and oxygen atoms in total. The van der Waals surface area contributed by atoms with Crippen LogP contribution in [0.3, 0.4) is 0 Å². The maximum absolute atomic E-state index is 4.13. The molecule has 0 atom stereocenters. The van der Waals surface area contributed by atoms with Crippen molar-refractivity contribution in [2.45, 2.75) is 6.54 Å². The Morgan fingerprint density at radius 1 is 1.21 bits per heavy atom. The van der Waals surface area contributed by atoms with Crippen molar-refractivity contribution < 1.29 is 0 Å². The van der Waals surface area contributed by atoms with Crippen molar-refractivity contribution in [3.8, 4) is 11.3 Å². The average Bonchev–Trinajstić information content (AvgIpc) is 2.68. The van der Waals surface area contributed by atoms with Gasteiger partial charge in [-0.05, 0) is 7.05 Å². The first kappa shape index (κ1) is 8.90. The zero-order valence-electron chi connectivity index (χ0n) is 7.99. The van der Waals surface area contributed by atoms with Gasteiger partial charge in [-0.3, -0.25) is 0 Å². The minimum Gasteiger partial charge on any atom is -0.314 e. The summed E-state index contributed by atoms with van der Waals surface area (Å²) in [7, 11) is 1.89. The summed E-state index contributed by atoms with van der Waals surface area (Å²) in [6.45, 7) is 0.723. The van der Waals surface area contributed by atoms with Crippen molar-refractivity contribution in [1.29, 1.82) is 0 Å². The van der Waals surface area contributed by atoms with Gasteiger partial charge in [0, 0.05) is 12.1 Å². The van der Waals surface area contributed by atoms with Gasteiger partial charge in [0.05, 0.1) is 0 Å². The highest BCUT2D eigenvalue weighted by molar-refractivity contribution is 5.60. The Balaban J connectivity index is 2.37. The van der Waals surface area contributed by atoms with Crippen molar-refractivity contribution in [3.63, 3.8) is 0 Å². The van der Waals surface area contributed by atoms with Crippen LogP contribution in [-0.2, 0) is 6.54 Å². The molecule has 0 saturated carbocycles. The number of hydrogen-bond acceptors (Lipinski definition) is 3. The third kappa shape index (κ3) is 1.65. The second-order valence-corrected chi connectivity index (χ2v) is 3.02. The average molecular weight is 188 g/mol. The number of hydrogen-bond donors (Lipinski definition) is 2. The summed E-state index contributed by atoms with van der Waals surface area (Å²) in [6.07, 6.45) is 0. The predicted molar refractivity (Wildman–Crippen MR) is 54.6 cm³/mol. The van der Waals surface area contributed by atoms with Gasteiger partial charge in [0.25, 0.3) is 0 Å². The molecular weight excluding hydrogens is 176 g/mol. The molecule has 0 aliphatic carbocycles. The first-order chi connectivity index (χ1) is 6.92. The fraction of sp³-hybridized carbons (Fsp3) is 0.200. The van der Waals surface area contributed by atoms with E-state index in [2.05, 4.69) is 20.7 Å². The highest BCUT2D eigenvalue weighted by atomic mass is 15.3. The molecule has 14 heavy (non-hydrogen) atoms. The fourth-order valence-corrected chi connectivity index (χ4v) is 1.37. The number of nitrogens with one attached hydrogen (secondary N) is 2. The first-order valence-electron chi connectivity index (χ1n) is 4.51. The van der Waals surface area contributed by atoms with E-state index in [1.54, 1.807) is 0 Å². The summed E-state index contributed by atoms with van der Waals surface area (Å²) < 4.78 is 0. The topological polar surface area (TPSA) is 53.6 Å². The molecule has 1 aromatic heterocycles. The van der Waals surface area contributed by atoms with Gasteiger partial charge in [-0.1, -0.05) is 30.3 Å². The van der Waals surface area contributed by atoms with Crippen LogP contribution >= 0.6 is 0 Å². The molecule has 0 unspecified atom stereocenters. The number of aromatic amines is 1. The predicted octanol–water partition coefficient (Wildman–Crippen LogP) is 1.19. The van der Waals surface area contributed by atoms with Gasteiger partial charge < -0.3 is 5.32 Å². The normalized spacial score (nSPS) is 10.4. The number of H-pyrrole nitrogens is 1. The number of rotatable bonds is 3. The Morgan fingerprint density at radius 2 is 2.00 bits per heavy atom. The second-order valence-electron chi connectivity index (χ2n) is 3.02. The van der Waals surface area contributed by atoms with Gasteiger partial charge in [-0.15, -0.1) is 0 Å². The molecule has 1 aromatic carbocycles. The van der Waals surface area contributed by atoms with E-state index in [0.717, 1.165) is 23.5 Å². The van der Waals surface area contributed by atoms with Crippen molar-refractivity contribution in [3.05, 3.63) is 36.0 Å². The lowest BCUT2D eigenvalue weighted by Gasteiger charge is -1.98. The van der Waals surface area contributed by atoms with Crippen molar-refractivity contribution in [1.82, 2.24) is 20.7 Å². The van der Waals surface area contributed by atoms with Crippen LogP contribution in [0.5, 0.6) is 0 Å². The molecule has 0 saturated heterocycles. The van der Waals surface area contributed by atoms with Crippen molar-refractivity contribution in [2.75, 3.05) is 7.05 Å².